The van der Waals surface area contributed by atoms with E-state index >= 15 is 0 Å². The highest BCUT2D eigenvalue weighted by Gasteiger charge is 2.20. The lowest BCUT2D eigenvalue weighted by atomic mass is 10.0. The van der Waals surface area contributed by atoms with Crippen LogP contribution in [0.2, 0.25) is 0 Å². The number of rotatable bonds is 3. The van der Waals surface area contributed by atoms with Crippen molar-refractivity contribution >= 4 is 21.8 Å². The van der Waals surface area contributed by atoms with Gasteiger partial charge in [0, 0.05) is 10.0 Å². The molecule has 1 aromatic heterocycles. The number of nitrogen functional groups attached to an aromatic ring is 1. The molecule has 0 aliphatic carbocycles. The van der Waals surface area contributed by atoms with Crippen molar-refractivity contribution in [2.45, 2.75) is 0 Å². The van der Waals surface area contributed by atoms with Gasteiger partial charge in [0.25, 0.3) is 0 Å². The lowest BCUT2D eigenvalue weighted by molar-refractivity contribution is 0.413. The van der Waals surface area contributed by atoms with Gasteiger partial charge in [-0.25, -0.2) is 0 Å². The van der Waals surface area contributed by atoms with Crippen molar-refractivity contribution in [2.75, 3.05) is 12.8 Å². The van der Waals surface area contributed by atoms with Crippen molar-refractivity contribution in [3.8, 4) is 28.1 Å². The zero-order valence-corrected chi connectivity index (χ0v) is 12.9. The van der Waals surface area contributed by atoms with Crippen molar-refractivity contribution in [1.82, 2.24) is 5.16 Å². The number of methoxy groups -OCH3 is 1. The van der Waals surface area contributed by atoms with Gasteiger partial charge in [0.1, 0.15) is 11.4 Å². The summed E-state index contributed by atoms with van der Waals surface area (Å²) in [5.41, 5.74) is 9.18. The molecule has 1 heterocycles. The zero-order chi connectivity index (χ0) is 14.8. The minimum absolute atomic E-state index is 0.293. The third-order valence-corrected chi connectivity index (χ3v) is 3.69. The maximum atomic E-state index is 5.95. The van der Waals surface area contributed by atoms with Crippen molar-refractivity contribution in [3.63, 3.8) is 0 Å². The van der Waals surface area contributed by atoms with E-state index < -0.39 is 0 Å². The molecule has 0 amide bonds. The summed E-state index contributed by atoms with van der Waals surface area (Å²) >= 11 is 3.43. The Morgan fingerprint density at radius 2 is 1.90 bits per heavy atom. The summed E-state index contributed by atoms with van der Waals surface area (Å²) in [6.07, 6.45) is 0. The second-order valence-corrected chi connectivity index (χ2v) is 5.40. The van der Waals surface area contributed by atoms with Crippen molar-refractivity contribution in [3.05, 3.63) is 53.0 Å². The van der Waals surface area contributed by atoms with Gasteiger partial charge in [-0.2, -0.15) is 0 Å². The van der Waals surface area contributed by atoms with Crippen LogP contribution in [0.4, 0.5) is 5.88 Å². The summed E-state index contributed by atoms with van der Waals surface area (Å²) in [5.74, 6) is 0.996. The van der Waals surface area contributed by atoms with Gasteiger partial charge in [0.15, 0.2) is 0 Å². The van der Waals surface area contributed by atoms with Gasteiger partial charge in [-0.05, 0) is 23.8 Å². The van der Waals surface area contributed by atoms with E-state index in [1.165, 1.54) is 0 Å². The molecule has 2 aromatic carbocycles. The Morgan fingerprint density at radius 3 is 2.62 bits per heavy atom. The van der Waals surface area contributed by atoms with Gasteiger partial charge < -0.3 is 15.0 Å². The standard InChI is InChI=1S/C16H13BrN2O2/c1-20-13-9-11(17)7-8-12(13)15-14(16(18)21-19-15)10-5-3-2-4-6-10/h2-9H,18H2,1H3. The Bertz CT molecular complexity index is 769. The van der Waals surface area contributed by atoms with E-state index in [0.29, 0.717) is 17.3 Å². The molecule has 4 nitrogen and oxygen atoms in total. The van der Waals surface area contributed by atoms with E-state index in [2.05, 4.69) is 21.1 Å². The monoisotopic (exact) mass is 344 g/mol. The molecular weight excluding hydrogens is 332 g/mol. The predicted molar refractivity (Wildman–Crippen MR) is 86.0 cm³/mol. The largest absolute Gasteiger partial charge is 0.496 e. The van der Waals surface area contributed by atoms with Crippen LogP contribution in [0.25, 0.3) is 22.4 Å². The fraction of sp³-hybridized carbons (Fsp3) is 0.0625. The van der Waals surface area contributed by atoms with Gasteiger partial charge in [-0.1, -0.05) is 51.4 Å². The van der Waals surface area contributed by atoms with Gasteiger partial charge in [-0.15, -0.1) is 0 Å². The van der Waals surface area contributed by atoms with Crippen LogP contribution in [-0.4, -0.2) is 12.3 Å². The molecule has 5 heteroatoms. The lowest BCUT2D eigenvalue weighted by Gasteiger charge is -2.08. The molecule has 0 radical (unpaired) electrons. The number of ether oxygens (including phenoxy) is 1. The van der Waals surface area contributed by atoms with Crippen molar-refractivity contribution in [1.29, 1.82) is 0 Å². The number of halogens is 1. The number of hydrogen-bond acceptors (Lipinski definition) is 4. The molecule has 0 atom stereocenters. The van der Waals surface area contributed by atoms with E-state index in [1.54, 1.807) is 7.11 Å². The number of nitrogens with two attached hydrogens (primary N) is 1. The highest BCUT2D eigenvalue weighted by molar-refractivity contribution is 9.10. The summed E-state index contributed by atoms with van der Waals surface area (Å²) in [5, 5.41) is 4.11. The smallest absolute Gasteiger partial charge is 0.230 e. The van der Waals surface area contributed by atoms with Crippen LogP contribution >= 0.6 is 15.9 Å². The van der Waals surface area contributed by atoms with E-state index in [4.69, 9.17) is 15.0 Å². The molecular formula is C16H13BrN2O2. The number of hydrogen-bond donors (Lipinski definition) is 1. The average molecular weight is 345 g/mol. The molecule has 3 aromatic rings. The van der Waals surface area contributed by atoms with Crippen LogP contribution in [0.3, 0.4) is 0 Å². The molecule has 0 aliphatic heterocycles. The summed E-state index contributed by atoms with van der Waals surface area (Å²) in [6, 6.07) is 15.5. The summed E-state index contributed by atoms with van der Waals surface area (Å²) in [6.45, 7) is 0. The second-order valence-electron chi connectivity index (χ2n) is 4.48. The molecule has 106 valence electrons. The van der Waals surface area contributed by atoms with Gasteiger partial charge >= 0.3 is 0 Å². The molecule has 2 N–H and O–H groups in total. The number of benzene rings is 2. The molecule has 0 fully saturated rings. The second kappa shape index (κ2) is 5.61. The maximum Gasteiger partial charge on any atom is 0.230 e. The van der Waals surface area contributed by atoms with E-state index in [1.807, 2.05) is 48.5 Å². The fourth-order valence-corrected chi connectivity index (χ4v) is 2.57. The third-order valence-electron chi connectivity index (χ3n) is 3.20. The quantitative estimate of drug-likeness (QED) is 0.766. The predicted octanol–water partition coefficient (Wildman–Crippen LogP) is 4.36. The fourth-order valence-electron chi connectivity index (χ4n) is 2.23. The first-order valence-corrected chi connectivity index (χ1v) is 7.14. The van der Waals surface area contributed by atoms with Gasteiger partial charge in [-0.3, -0.25) is 0 Å². The van der Waals surface area contributed by atoms with Crippen LogP contribution < -0.4 is 10.5 Å². The molecule has 0 bridgehead atoms. The Hall–Kier alpha value is -2.27. The van der Waals surface area contributed by atoms with Crippen LogP contribution in [0.1, 0.15) is 0 Å². The molecule has 21 heavy (non-hydrogen) atoms. The number of aromatic nitrogens is 1. The molecule has 0 unspecified atom stereocenters. The minimum atomic E-state index is 0.293. The maximum absolute atomic E-state index is 5.95. The zero-order valence-electron chi connectivity index (χ0n) is 11.3. The molecule has 0 spiro atoms. The molecule has 0 aliphatic rings. The Morgan fingerprint density at radius 1 is 1.14 bits per heavy atom. The van der Waals surface area contributed by atoms with Gasteiger partial charge in [0.2, 0.25) is 5.88 Å². The number of nitrogens with zero attached hydrogens (tertiary/aromatic N) is 1. The van der Waals surface area contributed by atoms with Crippen LogP contribution in [0, 0.1) is 0 Å². The van der Waals surface area contributed by atoms with Crippen molar-refractivity contribution in [2.24, 2.45) is 0 Å². The number of anilines is 1. The minimum Gasteiger partial charge on any atom is -0.496 e. The summed E-state index contributed by atoms with van der Waals surface area (Å²) in [4.78, 5) is 0. The summed E-state index contributed by atoms with van der Waals surface area (Å²) in [7, 11) is 1.62. The SMILES string of the molecule is COc1cc(Br)ccc1-c1noc(N)c1-c1ccccc1. The van der Waals surface area contributed by atoms with E-state index in [-0.39, 0.29) is 0 Å². The lowest BCUT2D eigenvalue weighted by Crippen LogP contribution is -1.91. The topological polar surface area (TPSA) is 61.3 Å². The average Bonchev–Trinajstić information content (AvgIpc) is 2.89. The van der Waals surface area contributed by atoms with E-state index in [9.17, 15) is 0 Å². The van der Waals surface area contributed by atoms with Gasteiger partial charge in [0.05, 0.1) is 12.7 Å². The normalized spacial score (nSPS) is 10.6. The van der Waals surface area contributed by atoms with Crippen LogP contribution in [0.5, 0.6) is 5.75 Å². The first-order chi connectivity index (χ1) is 10.2. The van der Waals surface area contributed by atoms with Crippen molar-refractivity contribution < 1.29 is 9.26 Å². The van der Waals surface area contributed by atoms with Crippen LogP contribution in [-0.2, 0) is 0 Å². The highest BCUT2D eigenvalue weighted by Crippen LogP contribution is 2.40. The van der Waals surface area contributed by atoms with Crippen LogP contribution in [0.15, 0.2) is 57.5 Å². The molecule has 0 saturated heterocycles. The third kappa shape index (κ3) is 2.52. The Labute approximate surface area is 130 Å². The first kappa shape index (κ1) is 13.7. The molecule has 3 rings (SSSR count). The highest BCUT2D eigenvalue weighted by atomic mass is 79.9. The molecule has 0 saturated carbocycles. The first-order valence-electron chi connectivity index (χ1n) is 6.35. The van der Waals surface area contributed by atoms with E-state index in [0.717, 1.165) is 21.2 Å². The Kier molecular flexibility index (Phi) is 3.66. The Balaban J connectivity index is 2.21. The summed E-state index contributed by atoms with van der Waals surface area (Å²) < 4.78 is 11.6.